The first-order valence-electron chi connectivity index (χ1n) is 4.72. The zero-order chi connectivity index (χ0) is 10.4. The first-order valence-corrected chi connectivity index (χ1v) is 5.53. The summed E-state index contributed by atoms with van der Waals surface area (Å²) < 4.78 is 6.08. The van der Waals surface area contributed by atoms with Crippen molar-refractivity contribution < 1.29 is 9.84 Å². The Bertz CT molecular complexity index is 519. The normalized spacial score (nSPS) is 19.6. The molecule has 1 aliphatic rings. The molecule has 1 fully saturated rings. The quantitative estimate of drug-likeness (QED) is 0.756. The van der Waals surface area contributed by atoms with Gasteiger partial charge in [-0.25, -0.2) is 4.98 Å². The molecule has 0 spiro atoms. The van der Waals surface area contributed by atoms with Gasteiger partial charge in [-0.05, 0) is 17.7 Å². The highest BCUT2D eigenvalue weighted by molar-refractivity contribution is 7.22. The van der Waals surface area contributed by atoms with Gasteiger partial charge in [0.25, 0.3) is 0 Å². The molecule has 15 heavy (non-hydrogen) atoms. The van der Waals surface area contributed by atoms with E-state index in [0.29, 0.717) is 16.8 Å². The molecule has 78 valence electrons. The zero-order valence-electron chi connectivity index (χ0n) is 7.93. The maximum absolute atomic E-state index is 9.75. The number of fused-ring (bicyclic) bond motifs is 1. The van der Waals surface area contributed by atoms with Crippen LogP contribution in [0.5, 0.6) is 5.75 Å². The number of phenols is 1. The molecule has 1 aliphatic heterocycles. The maximum atomic E-state index is 9.75. The first kappa shape index (κ1) is 8.94. The van der Waals surface area contributed by atoms with Crippen LogP contribution in [0.3, 0.4) is 0 Å². The summed E-state index contributed by atoms with van der Waals surface area (Å²) in [5.74, 6) is 0.205. The molecular weight excluding hydrogens is 212 g/mol. The number of epoxide rings is 1. The van der Waals surface area contributed by atoms with E-state index in [1.54, 1.807) is 6.07 Å². The van der Waals surface area contributed by atoms with E-state index in [1.165, 1.54) is 11.3 Å². The van der Waals surface area contributed by atoms with E-state index in [-0.39, 0.29) is 5.75 Å². The van der Waals surface area contributed by atoms with Crippen LogP contribution in [0.1, 0.15) is 5.56 Å². The van der Waals surface area contributed by atoms with E-state index in [2.05, 4.69) is 4.98 Å². The summed E-state index contributed by atoms with van der Waals surface area (Å²) >= 11 is 1.39. The van der Waals surface area contributed by atoms with E-state index >= 15 is 0 Å². The fraction of sp³-hybridized carbons (Fsp3) is 0.300. The lowest BCUT2D eigenvalue weighted by Crippen LogP contribution is -1.92. The molecule has 0 amide bonds. The molecule has 1 saturated heterocycles. The van der Waals surface area contributed by atoms with E-state index in [1.807, 2.05) is 6.07 Å². The Hall–Kier alpha value is -1.33. The Balaban J connectivity index is 2.08. The summed E-state index contributed by atoms with van der Waals surface area (Å²) in [6.07, 6.45) is 1.17. The van der Waals surface area contributed by atoms with Crippen LogP contribution in [-0.4, -0.2) is 22.8 Å². The van der Waals surface area contributed by atoms with Gasteiger partial charge in [0.1, 0.15) is 11.3 Å². The summed E-state index contributed by atoms with van der Waals surface area (Å²) in [5.41, 5.74) is 7.27. The summed E-state index contributed by atoms with van der Waals surface area (Å²) in [7, 11) is 0. The molecule has 5 heteroatoms. The molecule has 4 nitrogen and oxygen atoms in total. The van der Waals surface area contributed by atoms with Gasteiger partial charge in [-0.1, -0.05) is 11.3 Å². The highest BCUT2D eigenvalue weighted by Gasteiger charge is 2.23. The molecule has 3 N–H and O–H groups in total. The van der Waals surface area contributed by atoms with Gasteiger partial charge in [-0.15, -0.1) is 0 Å². The predicted octanol–water partition coefficient (Wildman–Crippen LogP) is 1.53. The van der Waals surface area contributed by atoms with Crippen molar-refractivity contribution in [2.45, 2.75) is 12.5 Å². The first-order chi connectivity index (χ1) is 7.22. The van der Waals surface area contributed by atoms with Crippen LogP contribution in [0.4, 0.5) is 5.13 Å². The summed E-state index contributed by atoms with van der Waals surface area (Å²) in [6, 6.07) is 3.76. The number of thiazole rings is 1. The van der Waals surface area contributed by atoms with Crippen LogP contribution < -0.4 is 5.73 Å². The molecule has 0 radical (unpaired) electrons. The number of hydrogen-bond acceptors (Lipinski definition) is 5. The number of anilines is 1. The lowest BCUT2D eigenvalue weighted by atomic mass is 10.1. The number of nitrogens with two attached hydrogens (primary N) is 1. The average molecular weight is 222 g/mol. The number of nitrogens with zero attached hydrogens (tertiary/aromatic N) is 1. The van der Waals surface area contributed by atoms with Gasteiger partial charge in [0.05, 0.1) is 17.4 Å². The average Bonchev–Trinajstić information content (AvgIpc) is 2.87. The fourth-order valence-electron chi connectivity index (χ4n) is 1.65. The van der Waals surface area contributed by atoms with Crippen molar-refractivity contribution in [3.63, 3.8) is 0 Å². The zero-order valence-corrected chi connectivity index (χ0v) is 8.75. The van der Waals surface area contributed by atoms with Crippen LogP contribution in [0.15, 0.2) is 12.1 Å². The van der Waals surface area contributed by atoms with Crippen LogP contribution in [0.25, 0.3) is 10.2 Å². The lowest BCUT2D eigenvalue weighted by Gasteiger charge is -1.99. The van der Waals surface area contributed by atoms with E-state index in [9.17, 15) is 5.11 Å². The number of hydrogen-bond donors (Lipinski definition) is 2. The van der Waals surface area contributed by atoms with Gasteiger partial charge in [0.2, 0.25) is 0 Å². The van der Waals surface area contributed by atoms with Gasteiger partial charge in [0.15, 0.2) is 5.13 Å². The minimum atomic E-state index is 0.205. The maximum Gasteiger partial charge on any atom is 0.181 e. The summed E-state index contributed by atoms with van der Waals surface area (Å²) in [5, 5.41) is 10.2. The molecule has 2 aromatic rings. The molecule has 1 aromatic heterocycles. The minimum absolute atomic E-state index is 0.205. The molecule has 1 unspecified atom stereocenters. The van der Waals surface area contributed by atoms with Crippen molar-refractivity contribution in [2.24, 2.45) is 0 Å². The molecule has 2 heterocycles. The van der Waals surface area contributed by atoms with Crippen LogP contribution in [0, 0.1) is 0 Å². The fourth-order valence-corrected chi connectivity index (χ4v) is 2.47. The van der Waals surface area contributed by atoms with Gasteiger partial charge in [-0.2, -0.15) is 0 Å². The third kappa shape index (κ3) is 1.64. The number of nitrogen functional groups attached to an aromatic ring is 1. The monoisotopic (exact) mass is 222 g/mol. The molecule has 0 bridgehead atoms. The largest absolute Gasteiger partial charge is 0.506 e. The van der Waals surface area contributed by atoms with E-state index in [4.69, 9.17) is 10.5 Å². The molecule has 0 saturated carbocycles. The lowest BCUT2D eigenvalue weighted by molar-refractivity contribution is 0.407. The second kappa shape index (κ2) is 3.08. The number of aromatic hydroxyl groups is 1. The Morgan fingerprint density at radius 1 is 1.60 bits per heavy atom. The Kier molecular flexibility index (Phi) is 1.83. The molecule has 0 aliphatic carbocycles. The molecule has 1 atom stereocenters. The number of aromatic nitrogens is 1. The number of benzene rings is 1. The smallest absolute Gasteiger partial charge is 0.181 e. The van der Waals surface area contributed by atoms with Crippen LogP contribution in [-0.2, 0) is 11.2 Å². The second-order valence-corrected chi connectivity index (χ2v) is 4.74. The van der Waals surface area contributed by atoms with Crippen molar-refractivity contribution in [3.05, 3.63) is 17.7 Å². The van der Waals surface area contributed by atoms with Crippen molar-refractivity contribution in [1.29, 1.82) is 0 Å². The van der Waals surface area contributed by atoms with Gasteiger partial charge in [0, 0.05) is 6.42 Å². The van der Waals surface area contributed by atoms with E-state index < -0.39 is 0 Å². The predicted molar refractivity (Wildman–Crippen MR) is 59.1 cm³/mol. The number of rotatable bonds is 2. The van der Waals surface area contributed by atoms with Crippen LogP contribution >= 0.6 is 11.3 Å². The highest BCUT2D eigenvalue weighted by Crippen LogP contribution is 2.32. The third-order valence-corrected chi connectivity index (χ3v) is 3.25. The number of ether oxygens (including phenoxy) is 1. The van der Waals surface area contributed by atoms with Crippen molar-refractivity contribution in [2.75, 3.05) is 12.3 Å². The van der Waals surface area contributed by atoms with E-state index in [0.717, 1.165) is 23.3 Å². The molecule has 1 aromatic carbocycles. The molecular formula is C10H10N2O2S. The van der Waals surface area contributed by atoms with Crippen molar-refractivity contribution in [1.82, 2.24) is 4.98 Å². The van der Waals surface area contributed by atoms with Gasteiger partial charge < -0.3 is 15.6 Å². The third-order valence-electron chi connectivity index (χ3n) is 2.42. The van der Waals surface area contributed by atoms with Crippen LogP contribution in [0.2, 0.25) is 0 Å². The summed E-state index contributed by atoms with van der Waals surface area (Å²) in [6.45, 7) is 0.823. The van der Waals surface area contributed by atoms with Gasteiger partial charge >= 0.3 is 0 Å². The Morgan fingerprint density at radius 2 is 2.40 bits per heavy atom. The van der Waals surface area contributed by atoms with Gasteiger partial charge in [-0.3, -0.25) is 0 Å². The Labute approximate surface area is 90.3 Å². The highest BCUT2D eigenvalue weighted by atomic mass is 32.1. The number of phenolic OH excluding ortho intramolecular Hbond substituents is 1. The topological polar surface area (TPSA) is 71.7 Å². The molecule has 3 rings (SSSR count). The standard InChI is InChI=1S/C10H10N2O2S/c11-10-12-9-7(13)2-5(1-6-4-14-6)3-8(9)15-10/h2-3,6,13H,1,4H2,(H2,11,12). The summed E-state index contributed by atoms with van der Waals surface area (Å²) in [4.78, 5) is 4.06. The Morgan fingerprint density at radius 3 is 3.13 bits per heavy atom. The van der Waals surface area contributed by atoms with Crippen molar-refractivity contribution in [3.8, 4) is 5.75 Å². The minimum Gasteiger partial charge on any atom is -0.506 e. The SMILES string of the molecule is Nc1nc2c(O)cc(CC3CO3)cc2s1. The second-order valence-electron chi connectivity index (χ2n) is 3.67. The van der Waals surface area contributed by atoms with Crippen molar-refractivity contribution >= 4 is 26.7 Å².